The van der Waals surface area contributed by atoms with Gasteiger partial charge in [-0.25, -0.2) is 0 Å². The Kier molecular flexibility index (Phi) is 23.1. The van der Waals surface area contributed by atoms with Gasteiger partial charge in [-0.3, -0.25) is 9.59 Å². The van der Waals surface area contributed by atoms with E-state index in [1.807, 2.05) is 0 Å². The number of rotatable bonds is 27. The first-order chi connectivity index (χ1) is 18.3. The van der Waals surface area contributed by atoms with E-state index in [4.69, 9.17) is 9.84 Å². The van der Waals surface area contributed by atoms with Crippen molar-refractivity contribution in [2.45, 2.75) is 176 Å². The highest BCUT2D eigenvalue weighted by atomic mass is 16.5. The van der Waals surface area contributed by atoms with Gasteiger partial charge in [0, 0.05) is 6.42 Å². The van der Waals surface area contributed by atoms with Gasteiger partial charge in [-0.15, -0.1) is 0 Å². The number of esters is 1. The molecule has 0 bridgehead atoms. The zero-order valence-corrected chi connectivity index (χ0v) is 26.5. The van der Waals surface area contributed by atoms with Crippen molar-refractivity contribution in [2.75, 3.05) is 6.61 Å². The largest absolute Gasteiger partial charge is 0.481 e. The van der Waals surface area contributed by atoms with Crippen LogP contribution >= 0.6 is 0 Å². The first-order valence-corrected chi connectivity index (χ1v) is 16.7. The molecule has 0 saturated carbocycles. The van der Waals surface area contributed by atoms with Gasteiger partial charge in [-0.1, -0.05) is 144 Å². The van der Waals surface area contributed by atoms with Crippen LogP contribution in [-0.4, -0.2) is 23.7 Å². The highest BCUT2D eigenvalue weighted by molar-refractivity contribution is 5.77. The molecule has 0 aliphatic carbocycles. The first kappa shape index (κ1) is 36.9. The zero-order valence-electron chi connectivity index (χ0n) is 26.5. The quantitative estimate of drug-likeness (QED) is 0.0834. The molecule has 0 spiro atoms. The van der Waals surface area contributed by atoms with E-state index in [0.717, 1.165) is 57.8 Å². The topological polar surface area (TPSA) is 63.6 Å². The molecule has 0 amide bonds. The maximum Gasteiger partial charge on any atom is 0.312 e. The molecule has 4 nitrogen and oxygen atoms in total. The maximum atomic E-state index is 13.8. The number of carboxylic acid groups (broad SMARTS) is 1. The van der Waals surface area contributed by atoms with Crippen LogP contribution in [-0.2, 0) is 14.3 Å². The molecule has 0 heterocycles. The minimum atomic E-state index is -0.678. The molecule has 0 radical (unpaired) electrons. The number of carboxylic acids is 1. The second kappa shape index (κ2) is 23.8. The highest BCUT2D eigenvalue weighted by Crippen LogP contribution is 2.43. The molecule has 226 valence electrons. The molecule has 0 aromatic heterocycles. The van der Waals surface area contributed by atoms with Crippen LogP contribution in [0.25, 0.3) is 0 Å². The summed E-state index contributed by atoms with van der Waals surface area (Å²) in [5.74, 6) is 0.788. The van der Waals surface area contributed by atoms with Crippen molar-refractivity contribution in [1.29, 1.82) is 0 Å². The average molecular weight is 539 g/mol. The van der Waals surface area contributed by atoms with Gasteiger partial charge in [0.25, 0.3) is 0 Å². The molecule has 0 rings (SSSR count). The number of hydrogen-bond acceptors (Lipinski definition) is 3. The minimum absolute atomic E-state index is 0.0836. The van der Waals surface area contributed by atoms with Crippen LogP contribution in [0.15, 0.2) is 0 Å². The number of aliphatic carboxylic acids is 1. The third-order valence-corrected chi connectivity index (χ3v) is 8.96. The fraction of sp³-hybridized carbons (Fsp3) is 0.941. The monoisotopic (exact) mass is 538 g/mol. The molecular weight excluding hydrogens is 472 g/mol. The average Bonchev–Trinajstić information content (AvgIpc) is 2.90. The Balaban J connectivity index is 4.87. The van der Waals surface area contributed by atoms with Crippen LogP contribution in [0.1, 0.15) is 176 Å². The Morgan fingerprint density at radius 2 is 1.16 bits per heavy atom. The van der Waals surface area contributed by atoms with Gasteiger partial charge in [-0.2, -0.15) is 0 Å². The Morgan fingerprint density at radius 1 is 0.684 bits per heavy atom. The Labute approximate surface area is 237 Å². The van der Waals surface area contributed by atoms with E-state index in [1.165, 1.54) is 70.6 Å². The summed E-state index contributed by atoms with van der Waals surface area (Å²) in [5, 5.41) is 8.72. The standard InChI is InChI=1S/C34H66O4/c1-7-11-23-30(9-3)27-34(29(5)6,33(37)38-28-31(10-4)24-12-8-2)26-22-20-18-16-14-13-15-17-19-21-25-32(35)36/h29-31H,7-28H2,1-6H3,(H,35,36). The first-order valence-electron chi connectivity index (χ1n) is 16.7. The van der Waals surface area contributed by atoms with E-state index in [0.29, 0.717) is 30.8 Å². The smallest absolute Gasteiger partial charge is 0.312 e. The lowest BCUT2D eigenvalue weighted by Crippen LogP contribution is -2.40. The van der Waals surface area contributed by atoms with Gasteiger partial charge in [-0.05, 0) is 43.4 Å². The Bertz CT molecular complexity index is 573. The second-order valence-corrected chi connectivity index (χ2v) is 12.4. The fourth-order valence-corrected chi connectivity index (χ4v) is 5.87. The molecule has 38 heavy (non-hydrogen) atoms. The molecule has 0 aromatic carbocycles. The third-order valence-electron chi connectivity index (χ3n) is 8.96. The van der Waals surface area contributed by atoms with Crippen molar-refractivity contribution in [2.24, 2.45) is 23.2 Å². The minimum Gasteiger partial charge on any atom is -0.481 e. The lowest BCUT2D eigenvalue weighted by atomic mass is 9.67. The molecule has 0 saturated heterocycles. The predicted molar refractivity (Wildman–Crippen MR) is 162 cm³/mol. The van der Waals surface area contributed by atoms with Gasteiger partial charge in [0.05, 0.1) is 12.0 Å². The molecular formula is C34H66O4. The lowest BCUT2D eigenvalue weighted by Gasteiger charge is -2.38. The molecule has 0 aliphatic heterocycles. The number of unbranched alkanes of at least 4 members (excludes halogenated alkanes) is 11. The van der Waals surface area contributed by atoms with Crippen molar-refractivity contribution in [1.82, 2.24) is 0 Å². The van der Waals surface area contributed by atoms with Gasteiger partial charge >= 0.3 is 11.9 Å². The van der Waals surface area contributed by atoms with E-state index in [9.17, 15) is 9.59 Å². The highest BCUT2D eigenvalue weighted by Gasteiger charge is 2.43. The third kappa shape index (κ3) is 16.8. The summed E-state index contributed by atoms with van der Waals surface area (Å²) in [6, 6.07) is 0. The Morgan fingerprint density at radius 3 is 1.61 bits per heavy atom. The number of carbonyl (C=O) groups excluding carboxylic acids is 1. The molecule has 3 atom stereocenters. The van der Waals surface area contributed by atoms with Gasteiger partial charge < -0.3 is 9.84 Å². The van der Waals surface area contributed by atoms with Crippen LogP contribution in [0.4, 0.5) is 0 Å². The van der Waals surface area contributed by atoms with Crippen LogP contribution in [0, 0.1) is 23.2 Å². The summed E-state index contributed by atoms with van der Waals surface area (Å²) in [4.78, 5) is 24.4. The van der Waals surface area contributed by atoms with Gasteiger partial charge in [0.1, 0.15) is 0 Å². The second-order valence-electron chi connectivity index (χ2n) is 12.4. The summed E-state index contributed by atoms with van der Waals surface area (Å²) in [7, 11) is 0. The summed E-state index contributed by atoms with van der Waals surface area (Å²) in [6.07, 6.45) is 23.3. The van der Waals surface area contributed by atoms with E-state index in [-0.39, 0.29) is 11.4 Å². The molecule has 0 fully saturated rings. The zero-order chi connectivity index (χ0) is 28.7. The fourth-order valence-electron chi connectivity index (χ4n) is 5.87. The van der Waals surface area contributed by atoms with Crippen LogP contribution < -0.4 is 0 Å². The van der Waals surface area contributed by atoms with Crippen molar-refractivity contribution >= 4 is 11.9 Å². The Hall–Kier alpha value is -1.06. The van der Waals surface area contributed by atoms with E-state index in [1.54, 1.807) is 0 Å². The van der Waals surface area contributed by atoms with Crippen molar-refractivity contribution in [3.05, 3.63) is 0 Å². The summed E-state index contributed by atoms with van der Waals surface area (Å²) in [6.45, 7) is 14.1. The van der Waals surface area contributed by atoms with Crippen LogP contribution in [0.2, 0.25) is 0 Å². The van der Waals surface area contributed by atoms with E-state index in [2.05, 4.69) is 41.5 Å². The number of ether oxygens (including phenoxy) is 1. The summed E-state index contributed by atoms with van der Waals surface area (Å²) in [5.41, 5.74) is -0.354. The number of carbonyl (C=O) groups is 2. The predicted octanol–water partition coefficient (Wildman–Crippen LogP) is 10.8. The molecule has 0 aromatic rings. The van der Waals surface area contributed by atoms with Crippen molar-refractivity contribution in [3.63, 3.8) is 0 Å². The molecule has 3 unspecified atom stereocenters. The summed E-state index contributed by atoms with van der Waals surface area (Å²) < 4.78 is 6.16. The van der Waals surface area contributed by atoms with Crippen molar-refractivity contribution in [3.8, 4) is 0 Å². The maximum absolute atomic E-state index is 13.8. The van der Waals surface area contributed by atoms with E-state index >= 15 is 0 Å². The normalized spacial score (nSPS) is 14.8. The van der Waals surface area contributed by atoms with Crippen LogP contribution in [0.5, 0.6) is 0 Å². The molecule has 4 heteroatoms. The molecule has 0 aliphatic rings. The molecule has 1 N–H and O–H groups in total. The van der Waals surface area contributed by atoms with Crippen LogP contribution in [0.3, 0.4) is 0 Å². The summed E-state index contributed by atoms with van der Waals surface area (Å²) >= 11 is 0. The lowest BCUT2D eigenvalue weighted by molar-refractivity contribution is -0.163. The van der Waals surface area contributed by atoms with E-state index < -0.39 is 5.97 Å². The SMILES string of the molecule is CCCCC(CC)COC(=O)C(CCCCCCCCCCCCC(=O)O)(CC(CC)CCCC)C(C)C. The van der Waals surface area contributed by atoms with Crippen molar-refractivity contribution < 1.29 is 19.4 Å². The number of hydrogen-bond donors (Lipinski definition) is 1. The van der Waals surface area contributed by atoms with Gasteiger partial charge in [0.15, 0.2) is 0 Å². The van der Waals surface area contributed by atoms with Gasteiger partial charge in [0.2, 0.25) is 0 Å².